The molecule has 0 aromatic heterocycles. The lowest BCUT2D eigenvalue weighted by Gasteiger charge is -2.60. The van der Waals surface area contributed by atoms with Gasteiger partial charge in [0.1, 0.15) is 5.78 Å². The first kappa shape index (κ1) is 38.6. The number of ether oxygens (including phenoxy) is 1. The molecule has 6 unspecified atom stereocenters. The minimum absolute atomic E-state index is 0. The molecule has 242 valence electrons. The first-order valence-corrected chi connectivity index (χ1v) is 16.9. The third-order valence-electron chi connectivity index (χ3n) is 11.9. The summed E-state index contributed by atoms with van der Waals surface area (Å²) in [5.74, 6) is 3.86. The van der Waals surface area contributed by atoms with Gasteiger partial charge in [-0.25, -0.2) is 0 Å². The van der Waals surface area contributed by atoms with Gasteiger partial charge < -0.3 is 15.6 Å². The van der Waals surface area contributed by atoms with E-state index in [-0.39, 0.29) is 14.0 Å². The highest BCUT2D eigenvalue weighted by Gasteiger charge is 2.61. The van der Waals surface area contributed by atoms with E-state index < -0.39 is 0 Å². The Morgan fingerprint density at radius 1 is 1.02 bits per heavy atom. The van der Waals surface area contributed by atoms with Gasteiger partial charge in [-0.2, -0.15) is 0 Å². The molecule has 4 nitrogen and oxygen atoms in total. The highest BCUT2D eigenvalue weighted by atomic mass is 16.5. The van der Waals surface area contributed by atoms with Crippen molar-refractivity contribution in [3.05, 3.63) is 23.8 Å². The Bertz CT molecular complexity index is 856. The summed E-state index contributed by atoms with van der Waals surface area (Å²) in [5.41, 5.74) is 7.74. The summed E-state index contributed by atoms with van der Waals surface area (Å²) in [7, 11) is 1.93. The number of methoxy groups -OCH3 is 1. The summed E-state index contributed by atoms with van der Waals surface area (Å²) >= 11 is 0. The molecule has 42 heavy (non-hydrogen) atoms. The highest BCUT2D eigenvalue weighted by molar-refractivity contribution is 5.79. The Balaban J connectivity index is 0.000000386. The van der Waals surface area contributed by atoms with Gasteiger partial charge in [0.2, 0.25) is 0 Å². The largest absolute Gasteiger partial charge is 0.392 e. The predicted molar refractivity (Wildman–Crippen MR) is 180 cm³/mol. The standard InChI is InChI=1S/C21H34O2.C8H14O.C6H13N.C2H2.CH4/c1-4-21-12-10-17-16(18(21)7-8-19(21)23-3)6-5-14-13-15(22)9-11-20(14,17)2;1-3-5-8(4-2)6-7-9;7-6-4-2-1-3-5-6;1-2;/h14,16-19H,4-13H2,1-3H3;3,5-6,9H,4,7H2,1-2H3;6H,1-5,7H2;1-2H;1H4/b;5-3-,8-6-;;;/t14?,16?,17?,18?,19?,20-,21?;;;;/m0..../s1. The maximum Gasteiger partial charge on any atom is 0.133 e. The van der Waals surface area contributed by atoms with Gasteiger partial charge >= 0.3 is 0 Å². The van der Waals surface area contributed by atoms with Crippen LogP contribution in [-0.4, -0.2) is 36.8 Å². The second-order valence-corrected chi connectivity index (χ2v) is 13.5. The second kappa shape index (κ2) is 19.1. The molecular weight excluding hydrogens is 518 g/mol. The maximum atomic E-state index is 12.0. The van der Waals surface area contributed by atoms with Crippen molar-refractivity contribution >= 4 is 5.78 Å². The molecule has 0 aromatic rings. The molecule has 5 rings (SSSR count). The van der Waals surface area contributed by atoms with Crippen molar-refractivity contribution in [3.8, 4) is 12.8 Å². The minimum Gasteiger partial charge on any atom is -0.392 e. The van der Waals surface area contributed by atoms with Gasteiger partial charge in [-0.15, -0.1) is 12.8 Å². The Morgan fingerprint density at radius 2 is 1.71 bits per heavy atom. The van der Waals surface area contributed by atoms with Crippen LogP contribution in [0.4, 0.5) is 0 Å². The van der Waals surface area contributed by atoms with Crippen molar-refractivity contribution in [2.45, 2.75) is 150 Å². The number of Topliss-reactive ketones (excluding diaryl/α,β-unsaturated/α-hetero) is 1. The third kappa shape index (κ3) is 9.06. The van der Waals surface area contributed by atoms with Gasteiger partial charge in [-0.3, -0.25) is 4.79 Å². The number of rotatable bonds is 5. The van der Waals surface area contributed by atoms with Crippen LogP contribution in [0.2, 0.25) is 0 Å². The van der Waals surface area contributed by atoms with Crippen molar-refractivity contribution in [3.63, 3.8) is 0 Å². The summed E-state index contributed by atoms with van der Waals surface area (Å²) in [6.07, 6.45) is 34.2. The molecule has 5 saturated carbocycles. The maximum absolute atomic E-state index is 12.0. The van der Waals surface area contributed by atoms with E-state index in [9.17, 15) is 4.79 Å². The summed E-state index contributed by atoms with van der Waals surface area (Å²) < 4.78 is 5.96. The number of ketones is 1. The topological polar surface area (TPSA) is 72.5 Å². The van der Waals surface area contributed by atoms with Crippen molar-refractivity contribution in [1.29, 1.82) is 0 Å². The smallest absolute Gasteiger partial charge is 0.133 e. The molecule has 7 atom stereocenters. The van der Waals surface area contributed by atoms with Crippen molar-refractivity contribution in [2.24, 2.45) is 40.2 Å². The van der Waals surface area contributed by atoms with Crippen LogP contribution >= 0.6 is 0 Å². The molecule has 4 heteroatoms. The second-order valence-electron chi connectivity index (χ2n) is 13.5. The van der Waals surface area contributed by atoms with Crippen LogP contribution in [0, 0.1) is 47.3 Å². The van der Waals surface area contributed by atoms with Crippen molar-refractivity contribution in [2.75, 3.05) is 13.7 Å². The van der Waals surface area contributed by atoms with E-state index in [0.29, 0.717) is 34.7 Å². The number of nitrogens with two attached hydrogens (primary N) is 1. The molecule has 0 spiro atoms. The van der Waals surface area contributed by atoms with Gasteiger partial charge in [0.15, 0.2) is 0 Å². The number of carbonyl (C=O) groups excluding carboxylic acids is 1. The fourth-order valence-corrected chi connectivity index (χ4v) is 9.62. The molecule has 0 aromatic carbocycles. The zero-order valence-electron chi connectivity index (χ0n) is 27.2. The molecule has 0 amide bonds. The minimum atomic E-state index is 0. The normalized spacial score (nSPS) is 35.9. The Hall–Kier alpha value is -1.41. The lowest BCUT2D eigenvalue weighted by atomic mass is 9.44. The number of terminal acetylenes is 1. The molecule has 5 fully saturated rings. The van der Waals surface area contributed by atoms with Crippen LogP contribution in [0.3, 0.4) is 0 Å². The lowest BCUT2D eigenvalue weighted by Crippen LogP contribution is -2.54. The average Bonchev–Trinajstić information content (AvgIpc) is 3.39. The van der Waals surface area contributed by atoms with Crippen LogP contribution in [0.15, 0.2) is 23.8 Å². The molecule has 0 bridgehead atoms. The van der Waals surface area contributed by atoms with Crippen LogP contribution in [0.25, 0.3) is 0 Å². The van der Waals surface area contributed by atoms with Crippen LogP contribution < -0.4 is 5.73 Å². The third-order valence-corrected chi connectivity index (χ3v) is 11.9. The van der Waals surface area contributed by atoms with Crippen LogP contribution in [0.1, 0.15) is 138 Å². The molecule has 3 N–H and O–H groups in total. The Morgan fingerprint density at radius 3 is 2.24 bits per heavy atom. The molecule has 5 aliphatic carbocycles. The molecule has 5 aliphatic rings. The fourth-order valence-electron chi connectivity index (χ4n) is 9.62. The molecule has 0 heterocycles. The number of aliphatic hydroxyl groups excluding tert-OH is 1. The monoisotopic (exact) mass is 586 g/mol. The van der Waals surface area contributed by atoms with Crippen LogP contribution in [-0.2, 0) is 9.53 Å². The summed E-state index contributed by atoms with van der Waals surface area (Å²) in [4.78, 5) is 12.0. The van der Waals surface area contributed by atoms with Gasteiger partial charge in [0, 0.05) is 26.0 Å². The Kier molecular flexibility index (Phi) is 17.5. The zero-order valence-corrected chi connectivity index (χ0v) is 27.2. The summed E-state index contributed by atoms with van der Waals surface area (Å²) in [5, 5.41) is 8.48. The van der Waals surface area contributed by atoms with E-state index >= 15 is 0 Å². The predicted octanol–water partition coefficient (Wildman–Crippen LogP) is 9.06. The van der Waals surface area contributed by atoms with Gasteiger partial charge in [-0.05, 0) is 112 Å². The van der Waals surface area contributed by atoms with E-state index in [1.54, 1.807) is 0 Å². The summed E-state index contributed by atoms with van der Waals surface area (Å²) in [6, 6.07) is 0.536. The first-order chi connectivity index (χ1) is 19.8. The number of hydrogen-bond acceptors (Lipinski definition) is 4. The molecule has 0 saturated heterocycles. The fraction of sp³-hybridized carbons (Fsp3) is 0.816. The molecule has 0 radical (unpaired) electrons. The van der Waals surface area contributed by atoms with E-state index in [2.05, 4.69) is 33.6 Å². The average molecular weight is 586 g/mol. The number of allylic oxidation sites excluding steroid dienone is 3. The Labute approximate surface area is 260 Å². The van der Waals surface area contributed by atoms with Crippen LogP contribution in [0.5, 0.6) is 0 Å². The number of aliphatic hydroxyl groups is 1. The van der Waals surface area contributed by atoms with E-state index in [1.807, 2.05) is 32.3 Å². The van der Waals surface area contributed by atoms with Crippen molar-refractivity contribution in [1.82, 2.24) is 0 Å². The van der Waals surface area contributed by atoms with Gasteiger partial charge in [0.25, 0.3) is 0 Å². The van der Waals surface area contributed by atoms with E-state index in [0.717, 1.165) is 43.4 Å². The zero-order chi connectivity index (χ0) is 30.5. The van der Waals surface area contributed by atoms with Gasteiger partial charge in [0.05, 0.1) is 12.7 Å². The first-order valence-electron chi connectivity index (χ1n) is 16.9. The molecular formula is C38H67NO3. The number of hydrogen-bond donors (Lipinski definition) is 2. The summed E-state index contributed by atoms with van der Waals surface area (Å²) in [6.45, 7) is 9.13. The van der Waals surface area contributed by atoms with Gasteiger partial charge in [-0.1, -0.05) is 71.3 Å². The lowest BCUT2D eigenvalue weighted by molar-refractivity contribution is -0.146. The van der Waals surface area contributed by atoms with E-state index in [4.69, 9.17) is 15.6 Å². The quantitative estimate of drug-likeness (QED) is 0.249. The number of carbonyl (C=O) groups is 1. The van der Waals surface area contributed by atoms with Crippen molar-refractivity contribution < 1.29 is 14.6 Å². The molecule has 0 aliphatic heterocycles. The SMILES string of the molecule is C.C#C.C/C=C\C(=C/CO)CC.CCC12CCC3C(CCC4CC(=O)CC[C@@]43C)C1CCC2OC.NC1CCCCC1. The van der Waals surface area contributed by atoms with E-state index in [1.165, 1.54) is 82.6 Å². The highest BCUT2D eigenvalue weighted by Crippen LogP contribution is 2.67. The number of fused-ring (bicyclic) bond motifs is 5.